The molecule has 0 aromatic heterocycles. The second-order valence-corrected chi connectivity index (χ2v) is 5.21. The molecule has 0 radical (unpaired) electrons. The van der Waals surface area contributed by atoms with Gasteiger partial charge in [0.2, 0.25) is 11.8 Å². The molecule has 0 aliphatic heterocycles. The van der Waals surface area contributed by atoms with Crippen LogP contribution in [0.5, 0.6) is 0 Å². The topological polar surface area (TPSA) is 49.4 Å². The number of carbonyl (C=O) groups is 2. The van der Waals surface area contributed by atoms with Crippen molar-refractivity contribution in [2.24, 2.45) is 0 Å². The molecule has 0 saturated carbocycles. The lowest BCUT2D eigenvalue weighted by Gasteiger charge is -2.19. The van der Waals surface area contributed by atoms with Crippen molar-refractivity contribution in [3.8, 4) is 0 Å². The Labute approximate surface area is 126 Å². The van der Waals surface area contributed by atoms with E-state index < -0.39 is 0 Å². The minimum absolute atomic E-state index is 0.0608. The van der Waals surface area contributed by atoms with Gasteiger partial charge in [-0.3, -0.25) is 9.59 Å². The Kier molecular flexibility index (Phi) is 6.15. The number of likely N-dealkylation sites (N-methyl/N-ethyl adjacent to an activating group) is 1. The van der Waals surface area contributed by atoms with Gasteiger partial charge < -0.3 is 10.2 Å². The Bertz CT molecular complexity index is 527. The molecule has 21 heavy (non-hydrogen) atoms. The molecule has 1 aromatic carbocycles. The van der Waals surface area contributed by atoms with Crippen molar-refractivity contribution in [3.05, 3.63) is 47.0 Å². The van der Waals surface area contributed by atoms with Gasteiger partial charge in [0.05, 0.1) is 6.54 Å². The van der Waals surface area contributed by atoms with Crippen LogP contribution in [0.1, 0.15) is 29.2 Å². The van der Waals surface area contributed by atoms with Crippen molar-refractivity contribution < 1.29 is 9.59 Å². The first-order chi connectivity index (χ1) is 9.88. The third kappa shape index (κ3) is 4.74. The monoisotopic (exact) mass is 288 g/mol. The fourth-order valence-electron chi connectivity index (χ4n) is 2.38. The van der Waals surface area contributed by atoms with Crippen LogP contribution in [0.4, 0.5) is 0 Å². The van der Waals surface area contributed by atoms with Gasteiger partial charge in [0.1, 0.15) is 0 Å². The molecule has 0 atom stereocenters. The number of carbonyl (C=O) groups excluding carboxylic acids is 2. The van der Waals surface area contributed by atoms with Crippen molar-refractivity contribution in [1.82, 2.24) is 10.2 Å². The molecular formula is C17H24N2O2. The molecule has 1 aromatic rings. The number of hydrogen-bond acceptors (Lipinski definition) is 2. The highest BCUT2D eigenvalue weighted by Crippen LogP contribution is 2.15. The Morgan fingerprint density at radius 1 is 1.24 bits per heavy atom. The zero-order chi connectivity index (χ0) is 16.0. The first-order valence-electron chi connectivity index (χ1n) is 7.13. The molecule has 0 spiro atoms. The molecule has 2 amide bonds. The standard InChI is InChI=1S/C17H24N2O2/c1-6-17(21)19(7-2)11-16(20)18-10-15-13(4)8-12(3)9-14(15)5/h6,8-9H,1,7,10-11H2,2-5H3,(H,18,20). The van der Waals surface area contributed by atoms with Crippen molar-refractivity contribution >= 4 is 11.8 Å². The maximum absolute atomic E-state index is 12.0. The van der Waals surface area contributed by atoms with Crippen LogP contribution < -0.4 is 5.32 Å². The molecule has 0 saturated heterocycles. The van der Waals surface area contributed by atoms with Crippen molar-refractivity contribution in [2.45, 2.75) is 34.2 Å². The maximum Gasteiger partial charge on any atom is 0.246 e. The molecule has 0 aliphatic rings. The summed E-state index contributed by atoms with van der Waals surface area (Å²) < 4.78 is 0. The number of amides is 2. The lowest BCUT2D eigenvalue weighted by Crippen LogP contribution is -2.39. The van der Waals surface area contributed by atoms with Crippen LogP contribution >= 0.6 is 0 Å². The molecule has 4 nitrogen and oxygen atoms in total. The smallest absolute Gasteiger partial charge is 0.246 e. The predicted octanol–water partition coefficient (Wildman–Crippen LogP) is 2.26. The summed E-state index contributed by atoms with van der Waals surface area (Å²) in [6.45, 7) is 12.4. The number of nitrogens with zero attached hydrogens (tertiary/aromatic N) is 1. The molecule has 0 unspecified atom stereocenters. The van der Waals surface area contributed by atoms with E-state index >= 15 is 0 Å². The van der Waals surface area contributed by atoms with Crippen LogP contribution in [0.3, 0.4) is 0 Å². The van der Waals surface area contributed by atoms with Gasteiger partial charge in [0, 0.05) is 13.1 Å². The number of nitrogens with one attached hydrogen (secondary N) is 1. The van der Waals surface area contributed by atoms with E-state index in [0.29, 0.717) is 13.1 Å². The highest BCUT2D eigenvalue weighted by Gasteiger charge is 2.13. The van der Waals surface area contributed by atoms with E-state index in [2.05, 4.69) is 31.0 Å². The molecule has 0 fully saturated rings. The average Bonchev–Trinajstić information content (AvgIpc) is 2.42. The van der Waals surface area contributed by atoms with E-state index in [1.54, 1.807) is 0 Å². The third-order valence-corrected chi connectivity index (χ3v) is 3.51. The van der Waals surface area contributed by atoms with E-state index in [1.165, 1.54) is 27.7 Å². The minimum atomic E-state index is -0.227. The second-order valence-electron chi connectivity index (χ2n) is 5.21. The summed E-state index contributed by atoms with van der Waals surface area (Å²) in [5, 5.41) is 2.88. The van der Waals surface area contributed by atoms with E-state index in [9.17, 15) is 9.59 Å². The van der Waals surface area contributed by atoms with Crippen LogP contribution in [0.25, 0.3) is 0 Å². The Hall–Kier alpha value is -2.10. The number of hydrogen-bond donors (Lipinski definition) is 1. The molecule has 114 valence electrons. The molecule has 1 rings (SSSR count). The maximum atomic E-state index is 12.0. The van der Waals surface area contributed by atoms with Crippen molar-refractivity contribution in [3.63, 3.8) is 0 Å². The summed E-state index contributed by atoms with van der Waals surface area (Å²) in [6.07, 6.45) is 1.23. The number of rotatable bonds is 6. The molecule has 4 heteroatoms. The molecule has 0 aliphatic carbocycles. The summed E-state index contributed by atoms with van der Waals surface area (Å²) in [5.74, 6) is -0.387. The summed E-state index contributed by atoms with van der Waals surface area (Å²) >= 11 is 0. The Morgan fingerprint density at radius 3 is 2.29 bits per heavy atom. The van der Waals surface area contributed by atoms with Gasteiger partial charge in [0.25, 0.3) is 0 Å². The van der Waals surface area contributed by atoms with E-state index in [0.717, 1.165) is 5.56 Å². The van der Waals surface area contributed by atoms with Gasteiger partial charge in [0.15, 0.2) is 0 Å². The highest BCUT2D eigenvalue weighted by molar-refractivity contribution is 5.90. The lowest BCUT2D eigenvalue weighted by atomic mass is 10.00. The fourth-order valence-corrected chi connectivity index (χ4v) is 2.38. The quantitative estimate of drug-likeness (QED) is 0.816. The highest BCUT2D eigenvalue weighted by atomic mass is 16.2. The Morgan fingerprint density at radius 2 is 1.81 bits per heavy atom. The SMILES string of the molecule is C=CC(=O)N(CC)CC(=O)NCc1c(C)cc(C)cc1C. The van der Waals surface area contributed by atoms with Gasteiger partial charge in [-0.15, -0.1) is 0 Å². The van der Waals surface area contributed by atoms with Crippen LogP contribution in [0, 0.1) is 20.8 Å². The van der Waals surface area contributed by atoms with E-state index in [4.69, 9.17) is 0 Å². The van der Waals surface area contributed by atoms with Gasteiger partial charge in [-0.2, -0.15) is 0 Å². The molecular weight excluding hydrogens is 264 g/mol. The lowest BCUT2D eigenvalue weighted by molar-refractivity contribution is -0.132. The average molecular weight is 288 g/mol. The minimum Gasteiger partial charge on any atom is -0.350 e. The van der Waals surface area contributed by atoms with Crippen molar-refractivity contribution in [1.29, 1.82) is 0 Å². The van der Waals surface area contributed by atoms with Crippen LogP contribution in [0.15, 0.2) is 24.8 Å². The normalized spacial score (nSPS) is 10.1. The second kappa shape index (κ2) is 7.62. The van der Waals surface area contributed by atoms with Gasteiger partial charge in [-0.1, -0.05) is 24.3 Å². The van der Waals surface area contributed by atoms with E-state index in [1.807, 2.05) is 20.8 Å². The van der Waals surface area contributed by atoms with Gasteiger partial charge in [-0.25, -0.2) is 0 Å². The summed E-state index contributed by atoms with van der Waals surface area (Å²) in [4.78, 5) is 24.9. The summed E-state index contributed by atoms with van der Waals surface area (Å²) in [5.41, 5.74) is 4.69. The predicted molar refractivity (Wildman–Crippen MR) is 85.0 cm³/mol. The molecule has 1 N–H and O–H groups in total. The molecule has 0 bridgehead atoms. The van der Waals surface area contributed by atoms with Crippen LogP contribution in [0.2, 0.25) is 0 Å². The summed E-state index contributed by atoms with van der Waals surface area (Å²) in [7, 11) is 0. The van der Waals surface area contributed by atoms with E-state index in [-0.39, 0.29) is 18.4 Å². The van der Waals surface area contributed by atoms with Gasteiger partial charge in [-0.05, 0) is 50.5 Å². The van der Waals surface area contributed by atoms with Crippen molar-refractivity contribution in [2.75, 3.05) is 13.1 Å². The van der Waals surface area contributed by atoms with Crippen LogP contribution in [-0.4, -0.2) is 29.8 Å². The molecule has 0 heterocycles. The third-order valence-electron chi connectivity index (χ3n) is 3.51. The first-order valence-corrected chi connectivity index (χ1v) is 7.13. The Balaban J connectivity index is 2.65. The zero-order valence-corrected chi connectivity index (χ0v) is 13.3. The van der Waals surface area contributed by atoms with Gasteiger partial charge >= 0.3 is 0 Å². The fraction of sp³-hybridized carbons (Fsp3) is 0.412. The summed E-state index contributed by atoms with van der Waals surface area (Å²) in [6, 6.07) is 4.21. The van der Waals surface area contributed by atoms with Crippen LogP contribution in [-0.2, 0) is 16.1 Å². The number of aryl methyl sites for hydroxylation is 3. The largest absolute Gasteiger partial charge is 0.350 e. The zero-order valence-electron chi connectivity index (χ0n) is 13.3. The number of benzene rings is 1. The first kappa shape index (κ1) is 17.0.